The first kappa shape index (κ1) is 17.5. The molecule has 0 N–H and O–H groups in total. The second kappa shape index (κ2) is 8.20. The summed E-state index contributed by atoms with van der Waals surface area (Å²) < 4.78 is 34.3. The maximum Gasteiger partial charge on any atom is 0.387 e. The fourth-order valence-electron chi connectivity index (χ4n) is 2.41. The Labute approximate surface area is 149 Å². The number of hydrogen-bond acceptors (Lipinski definition) is 4. The molecule has 1 aromatic heterocycles. The van der Waals surface area contributed by atoms with Gasteiger partial charge in [0, 0.05) is 6.20 Å². The van der Waals surface area contributed by atoms with E-state index in [2.05, 4.69) is 9.72 Å². The van der Waals surface area contributed by atoms with E-state index in [1.165, 1.54) is 24.3 Å². The molecule has 0 amide bonds. The van der Waals surface area contributed by atoms with E-state index in [0.717, 1.165) is 5.56 Å². The van der Waals surface area contributed by atoms with E-state index in [-0.39, 0.29) is 11.3 Å². The summed E-state index contributed by atoms with van der Waals surface area (Å²) in [5.74, 6) is -0.617. The quantitative estimate of drug-likeness (QED) is 0.605. The highest BCUT2D eigenvalue weighted by atomic mass is 19.3. The highest BCUT2D eigenvalue weighted by molar-refractivity contribution is 5.89. The number of esters is 1. The van der Waals surface area contributed by atoms with Gasteiger partial charge in [-0.1, -0.05) is 36.4 Å². The van der Waals surface area contributed by atoms with Crippen LogP contribution in [0.1, 0.15) is 27.7 Å². The van der Waals surface area contributed by atoms with E-state index in [4.69, 9.17) is 4.74 Å². The number of rotatable bonds is 6. The Morgan fingerprint density at radius 3 is 2.19 bits per heavy atom. The molecule has 0 unspecified atom stereocenters. The molecule has 2 aromatic carbocycles. The first-order valence-corrected chi connectivity index (χ1v) is 7.85. The van der Waals surface area contributed by atoms with Crippen molar-refractivity contribution in [2.24, 2.45) is 0 Å². The molecular formula is C20H15F2NO3. The number of nitrogens with zero attached hydrogens (tertiary/aromatic N) is 1. The molecule has 1 atom stereocenters. The number of hydrogen-bond donors (Lipinski definition) is 0. The standard InChI is InChI=1S/C20H15F2NO3/c21-20(22)25-16-11-9-15(10-12-16)19(24)26-18(14-6-2-1-3-7-14)17-8-4-5-13-23-17/h1-13,18,20H/t18-/m0/s1. The van der Waals surface area contributed by atoms with E-state index in [0.29, 0.717) is 5.69 Å². The largest absolute Gasteiger partial charge is 0.447 e. The Hall–Kier alpha value is -3.28. The molecular weight excluding hydrogens is 340 g/mol. The lowest BCUT2D eigenvalue weighted by Crippen LogP contribution is -2.14. The van der Waals surface area contributed by atoms with E-state index in [1.54, 1.807) is 18.3 Å². The molecule has 132 valence electrons. The third-order valence-corrected chi connectivity index (χ3v) is 3.60. The second-order valence-electron chi connectivity index (χ2n) is 5.35. The van der Waals surface area contributed by atoms with E-state index < -0.39 is 18.7 Å². The summed E-state index contributed by atoms with van der Waals surface area (Å²) in [7, 11) is 0. The van der Waals surface area contributed by atoms with Crippen LogP contribution in [0.25, 0.3) is 0 Å². The van der Waals surface area contributed by atoms with Crippen molar-refractivity contribution in [2.75, 3.05) is 0 Å². The van der Waals surface area contributed by atoms with Crippen LogP contribution >= 0.6 is 0 Å². The van der Waals surface area contributed by atoms with Gasteiger partial charge in [-0.25, -0.2) is 4.79 Å². The van der Waals surface area contributed by atoms with Crippen LogP contribution in [-0.2, 0) is 4.74 Å². The molecule has 0 aliphatic heterocycles. The normalized spacial score (nSPS) is 11.8. The summed E-state index contributed by atoms with van der Waals surface area (Å²) in [4.78, 5) is 16.8. The second-order valence-corrected chi connectivity index (χ2v) is 5.35. The van der Waals surface area contributed by atoms with Crippen molar-refractivity contribution in [1.29, 1.82) is 0 Å². The Balaban J connectivity index is 1.81. The van der Waals surface area contributed by atoms with Crippen LogP contribution in [-0.4, -0.2) is 17.6 Å². The molecule has 4 nitrogen and oxygen atoms in total. The molecule has 1 heterocycles. The molecule has 0 aliphatic rings. The van der Waals surface area contributed by atoms with Crippen LogP contribution in [0, 0.1) is 0 Å². The van der Waals surface area contributed by atoms with Gasteiger partial charge >= 0.3 is 12.6 Å². The third kappa shape index (κ3) is 4.42. The van der Waals surface area contributed by atoms with Gasteiger partial charge in [-0.2, -0.15) is 8.78 Å². The van der Waals surface area contributed by atoms with Gasteiger partial charge in [-0.05, 0) is 42.0 Å². The monoisotopic (exact) mass is 355 g/mol. The minimum atomic E-state index is -2.92. The van der Waals surface area contributed by atoms with Crippen molar-refractivity contribution in [2.45, 2.75) is 12.7 Å². The summed E-state index contributed by atoms with van der Waals surface area (Å²) in [5.41, 5.74) is 1.59. The fraction of sp³-hybridized carbons (Fsp3) is 0.100. The molecule has 3 rings (SSSR count). The third-order valence-electron chi connectivity index (χ3n) is 3.60. The molecule has 0 spiro atoms. The maximum atomic E-state index is 12.5. The van der Waals surface area contributed by atoms with Crippen LogP contribution < -0.4 is 4.74 Å². The number of carbonyl (C=O) groups is 1. The zero-order valence-electron chi connectivity index (χ0n) is 13.6. The van der Waals surface area contributed by atoms with Gasteiger partial charge in [0.2, 0.25) is 0 Å². The van der Waals surface area contributed by atoms with Gasteiger partial charge in [0.25, 0.3) is 0 Å². The molecule has 0 saturated heterocycles. The van der Waals surface area contributed by atoms with Crippen LogP contribution in [0.3, 0.4) is 0 Å². The fourth-order valence-corrected chi connectivity index (χ4v) is 2.41. The first-order valence-electron chi connectivity index (χ1n) is 7.85. The minimum absolute atomic E-state index is 0.0270. The lowest BCUT2D eigenvalue weighted by molar-refractivity contribution is -0.0498. The number of aromatic nitrogens is 1. The first-order chi connectivity index (χ1) is 12.6. The topological polar surface area (TPSA) is 48.4 Å². The van der Waals surface area contributed by atoms with Gasteiger partial charge < -0.3 is 9.47 Å². The van der Waals surface area contributed by atoms with Crippen molar-refractivity contribution in [3.63, 3.8) is 0 Å². The van der Waals surface area contributed by atoms with Gasteiger partial charge in [-0.3, -0.25) is 4.98 Å². The predicted molar refractivity (Wildman–Crippen MR) is 91.0 cm³/mol. The van der Waals surface area contributed by atoms with Crippen LogP contribution in [0.15, 0.2) is 79.0 Å². The van der Waals surface area contributed by atoms with Gasteiger partial charge in [0.15, 0.2) is 6.10 Å². The zero-order valence-corrected chi connectivity index (χ0v) is 13.6. The maximum absolute atomic E-state index is 12.5. The Bertz CT molecular complexity index is 800. The lowest BCUT2D eigenvalue weighted by atomic mass is 10.1. The van der Waals surface area contributed by atoms with Gasteiger partial charge in [0.05, 0.1) is 11.3 Å². The van der Waals surface area contributed by atoms with Crippen molar-refractivity contribution in [1.82, 2.24) is 4.98 Å². The average Bonchev–Trinajstić information content (AvgIpc) is 2.67. The molecule has 26 heavy (non-hydrogen) atoms. The number of ether oxygens (including phenoxy) is 2. The Morgan fingerprint density at radius 1 is 0.885 bits per heavy atom. The number of carbonyl (C=O) groups excluding carboxylic acids is 1. The minimum Gasteiger partial charge on any atom is -0.447 e. The van der Waals surface area contributed by atoms with Crippen LogP contribution in [0.5, 0.6) is 5.75 Å². The Kier molecular flexibility index (Phi) is 5.53. The molecule has 0 saturated carbocycles. The smallest absolute Gasteiger partial charge is 0.387 e. The summed E-state index contributed by atoms with van der Waals surface area (Å²) in [6.07, 6.45) is 0.942. The average molecular weight is 355 g/mol. The predicted octanol–water partition coefficient (Wildman–Crippen LogP) is 4.63. The van der Waals surface area contributed by atoms with E-state index in [1.807, 2.05) is 36.4 Å². The highest BCUT2D eigenvalue weighted by Gasteiger charge is 2.21. The van der Waals surface area contributed by atoms with Crippen LogP contribution in [0.4, 0.5) is 8.78 Å². The van der Waals surface area contributed by atoms with Crippen LogP contribution in [0.2, 0.25) is 0 Å². The van der Waals surface area contributed by atoms with E-state index in [9.17, 15) is 13.6 Å². The van der Waals surface area contributed by atoms with Crippen molar-refractivity contribution >= 4 is 5.97 Å². The number of pyridine rings is 1. The number of alkyl halides is 2. The molecule has 0 aliphatic carbocycles. The van der Waals surface area contributed by atoms with Gasteiger partial charge in [-0.15, -0.1) is 0 Å². The molecule has 0 fully saturated rings. The van der Waals surface area contributed by atoms with Crippen molar-refractivity contribution < 1.29 is 23.0 Å². The summed E-state index contributed by atoms with van der Waals surface area (Å²) in [6.45, 7) is -2.92. The summed E-state index contributed by atoms with van der Waals surface area (Å²) >= 11 is 0. The Morgan fingerprint density at radius 2 is 1.58 bits per heavy atom. The molecule has 0 bridgehead atoms. The van der Waals surface area contributed by atoms with Gasteiger partial charge in [0.1, 0.15) is 5.75 Å². The highest BCUT2D eigenvalue weighted by Crippen LogP contribution is 2.26. The number of halogens is 2. The van der Waals surface area contributed by atoms with E-state index >= 15 is 0 Å². The number of benzene rings is 2. The van der Waals surface area contributed by atoms with Crippen molar-refractivity contribution in [3.05, 3.63) is 95.8 Å². The molecule has 6 heteroatoms. The summed E-state index contributed by atoms with van der Waals surface area (Å²) in [6, 6.07) is 19.9. The van der Waals surface area contributed by atoms with Crippen molar-refractivity contribution in [3.8, 4) is 5.75 Å². The lowest BCUT2D eigenvalue weighted by Gasteiger charge is -2.18. The SMILES string of the molecule is O=C(O[C@@H](c1ccccc1)c1ccccn1)c1ccc(OC(F)F)cc1. The summed E-state index contributed by atoms with van der Waals surface area (Å²) in [5, 5.41) is 0. The zero-order chi connectivity index (χ0) is 18.4. The molecule has 0 radical (unpaired) electrons. The molecule has 3 aromatic rings.